The van der Waals surface area contributed by atoms with Crippen LogP contribution in [0.5, 0.6) is 0 Å². The molecule has 3 aliphatic heterocycles. The summed E-state index contributed by atoms with van der Waals surface area (Å²) in [5, 5.41) is 26.6. The molecule has 50 heavy (non-hydrogen) atoms. The molecule has 0 unspecified atom stereocenters. The largest absolute Gasteiger partial charge is 0.508 e. The summed E-state index contributed by atoms with van der Waals surface area (Å²) < 4.78 is 34.4. The van der Waals surface area contributed by atoms with Crippen molar-refractivity contribution < 1.29 is 57.8 Å². The van der Waals surface area contributed by atoms with Crippen molar-refractivity contribution in [3.8, 4) is 0 Å². The second-order valence-electron chi connectivity index (χ2n) is 12.3. The Morgan fingerprint density at radius 3 is 2.58 bits per heavy atom. The van der Waals surface area contributed by atoms with Crippen molar-refractivity contribution >= 4 is 23.9 Å². The third kappa shape index (κ3) is 9.48. The first kappa shape index (κ1) is 38.5. The fraction of sp³-hybridized carbons (Fsp3) is 0.677. The number of aromatic amines is 1. The van der Waals surface area contributed by atoms with E-state index in [2.05, 4.69) is 15.6 Å². The van der Waals surface area contributed by atoms with Gasteiger partial charge in [-0.15, -0.1) is 0 Å². The highest BCUT2D eigenvalue weighted by Gasteiger charge is 2.55. The first-order valence-corrected chi connectivity index (χ1v) is 16.5. The lowest BCUT2D eigenvalue weighted by Crippen LogP contribution is -2.54. The second kappa shape index (κ2) is 17.6. The van der Waals surface area contributed by atoms with Gasteiger partial charge in [0.15, 0.2) is 24.2 Å². The van der Waals surface area contributed by atoms with Crippen LogP contribution >= 0.6 is 0 Å². The van der Waals surface area contributed by atoms with Crippen LogP contribution in [0.25, 0.3) is 0 Å². The summed E-state index contributed by atoms with van der Waals surface area (Å²) >= 11 is 0. The third-order valence-electron chi connectivity index (χ3n) is 8.49. The summed E-state index contributed by atoms with van der Waals surface area (Å²) in [4.78, 5) is 77.9. The number of aromatic nitrogens is 2. The molecule has 4 rings (SSSR count). The molecule has 0 spiro atoms. The van der Waals surface area contributed by atoms with Gasteiger partial charge in [-0.2, -0.15) is 0 Å². The maximum atomic E-state index is 13.1. The second-order valence-corrected chi connectivity index (χ2v) is 12.3. The molecule has 0 aliphatic carbocycles. The maximum absolute atomic E-state index is 13.1. The summed E-state index contributed by atoms with van der Waals surface area (Å²) in [6.07, 6.45) is -7.52. The Hall–Kier alpha value is -4.30. The van der Waals surface area contributed by atoms with Crippen molar-refractivity contribution in [3.63, 3.8) is 0 Å². The molecular weight excluding hydrogens is 666 g/mol. The number of aliphatic hydroxyl groups excluding tert-OH is 2. The Morgan fingerprint density at radius 2 is 1.90 bits per heavy atom. The van der Waals surface area contributed by atoms with E-state index >= 15 is 0 Å². The number of rotatable bonds is 14. The summed E-state index contributed by atoms with van der Waals surface area (Å²) in [7, 11) is 1.19. The minimum atomic E-state index is -1.90. The number of nitrogens with two attached hydrogens (primary N) is 1. The molecular formula is C31H45N5O14. The highest BCUT2D eigenvalue weighted by Crippen LogP contribution is 2.36. The van der Waals surface area contributed by atoms with E-state index in [1.807, 2.05) is 13.8 Å². The van der Waals surface area contributed by atoms with Crippen LogP contribution in [0.15, 0.2) is 33.7 Å². The first-order chi connectivity index (χ1) is 23.8. The van der Waals surface area contributed by atoms with Gasteiger partial charge in [0.2, 0.25) is 18.1 Å². The average Bonchev–Trinajstić information content (AvgIpc) is 3.32. The van der Waals surface area contributed by atoms with E-state index in [1.165, 1.54) is 7.11 Å². The maximum Gasteiger partial charge on any atom is 0.508 e. The number of carbonyl (C=O) groups excluding carboxylic acids is 4. The lowest BCUT2D eigenvalue weighted by molar-refractivity contribution is -0.241. The number of aliphatic hydroxyl groups is 2. The Labute approximate surface area is 286 Å². The van der Waals surface area contributed by atoms with Crippen LogP contribution in [-0.4, -0.2) is 112 Å². The van der Waals surface area contributed by atoms with Crippen molar-refractivity contribution in [1.29, 1.82) is 0 Å². The Balaban J connectivity index is 1.55. The number of H-pyrrole nitrogens is 1. The topological polar surface area (TPSA) is 269 Å². The van der Waals surface area contributed by atoms with Gasteiger partial charge in [0.05, 0.1) is 6.61 Å². The number of hydrogen-bond donors (Lipinski definition) is 6. The molecule has 3 aliphatic rings. The lowest BCUT2D eigenvalue weighted by Gasteiger charge is -2.35. The summed E-state index contributed by atoms with van der Waals surface area (Å²) in [6, 6.07) is 0.0234. The number of nitrogens with zero attached hydrogens (tertiary/aromatic N) is 1. The van der Waals surface area contributed by atoms with Crippen molar-refractivity contribution in [2.24, 2.45) is 5.73 Å². The van der Waals surface area contributed by atoms with Crippen LogP contribution in [0.1, 0.15) is 65.0 Å². The van der Waals surface area contributed by atoms with E-state index in [0.29, 0.717) is 25.7 Å². The van der Waals surface area contributed by atoms with Crippen molar-refractivity contribution in [1.82, 2.24) is 20.2 Å². The van der Waals surface area contributed by atoms with Crippen molar-refractivity contribution in [2.45, 2.75) is 120 Å². The molecule has 4 heterocycles. The first-order valence-electron chi connectivity index (χ1n) is 16.5. The van der Waals surface area contributed by atoms with Crippen LogP contribution < -0.4 is 27.6 Å². The molecule has 0 aromatic carbocycles. The van der Waals surface area contributed by atoms with Crippen LogP contribution in [-0.2, 0) is 42.8 Å². The van der Waals surface area contributed by atoms with Gasteiger partial charge in [0.1, 0.15) is 30.5 Å². The molecule has 0 radical (unpaired) electrons. The summed E-state index contributed by atoms with van der Waals surface area (Å²) in [5.41, 5.74) is 4.01. The van der Waals surface area contributed by atoms with Gasteiger partial charge >= 0.3 is 11.8 Å². The smallest absolute Gasteiger partial charge is 0.456 e. The van der Waals surface area contributed by atoms with E-state index in [0.717, 1.165) is 42.2 Å². The molecule has 1 aromatic rings. The van der Waals surface area contributed by atoms with Crippen LogP contribution in [0.4, 0.5) is 4.79 Å². The fourth-order valence-corrected chi connectivity index (χ4v) is 5.86. The standard InChI is InChI=1S/C31H45N5O14/c1-4-5-6-7-13-46-31(44)50-24-21(45-3)22(48-28(24)36-12-11-19(38)35-30(36)43)23(25(32)40)49-29-20(39)17(37)14-18(47-29)27(42)34-16-10-8-9-15(2)33-26(16)41/h11-12,14-17,20-24,28-29,37,39H,4-10,13H2,1-3H3,(H2,32,40)(H,33,41)(H,34,42)(H,35,38,43)/t15-,16+,17+,20+,21-,22+,23-,24-,28-,29-/m1/s1. The number of ether oxygens (including phenoxy) is 6. The molecule has 7 N–H and O–H groups in total. The number of nitrogens with one attached hydrogen (secondary N) is 3. The van der Waals surface area contributed by atoms with E-state index in [9.17, 15) is 39.0 Å². The van der Waals surface area contributed by atoms with Gasteiger partial charge in [0.25, 0.3) is 11.5 Å². The molecule has 0 bridgehead atoms. The van der Waals surface area contributed by atoms with Gasteiger partial charge in [-0.05, 0) is 38.7 Å². The minimum Gasteiger partial charge on any atom is -0.456 e. The van der Waals surface area contributed by atoms with Gasteiger partial charge in [-0.25, -0.2) is 9.59 Å². The Morgan fingerprint density at radius 1 is 1.14 bits per heavy atom. The number of methoxy groups -OCH3 is 1. The molecule has 3 amide bonds. The highest BCUT2D eigenvalue weighted by atomic mass is 16.8. The zero-order valence-corrected chi connectivity index (χ0v) is 28.0. The summed E-state index contributed by atoms with van der Waals surface area (Å²) in [6.45, 7) is 3.90. The van der Waals surface area contributed by atoms with Crippen molar-refractivity contribution in [3.05, 3.63) is 44.9 Å². The Kier molecular flexibility index (Phi) is 13.5. The van der Waals surface area contributed by atoms with E-state index in [4.69, 9.17) is 34.2 Å². The lowest BCUT2D eigenvalue weighted by atomic mass is 10.0. The molecule has 278 valence electrons. The minimum absolute atomic E-state index is 0.0387. The molecule has 10 atom stereocenters. The van der Waals surface area contributed by atoms with Crippen LogP contribution in [0, 0.1) is 0 Å². The average molecular weight is 712 g/mol. The number of hydrogen-bond acceptors (Lipinski definition) is 14. The molecule has 19 nitrogen and oxygen atoms in total. The monoisotopic (exact) mass is 711 g/mol. The zero-order chi connectivity index (χ0) is 36.5. The van der Waals surface area contributed by atoms with Gasteiger partial charge in [-0.1, -0.05) is 26.2 Å². The predicted molar refractivity (Wildman–Crippen MR) is 169 cm³/mol. The normalized spacial score (nSPS) is 30.2. The van der Waals surface area contributed by atoms with E-state index in [-0.39, 0.29) is 12.6 Å². The van der Waals surface area contributed by atoms with Crippen LogP contribution in [0.3, 0.4) is 0 Å². The number of carbonyl (C=O) groups is 4. The molecule has 2 saturated heterocycles. The predicted octanol–water partition coefficient (Wildman–Crippen LogP) is -1.44. The highest BCUT2D eigenvalue weighted by molar-refractivity contribution is 5.95. The van der Waals surface area contributed by atoms with Gasteiger partial charge < -0.3 is 55.0 Å². The zero-order valence-electron chi connectivity index (χ0n) is 28.0. The molecule has 0 saturated carbocycles. The van der Waals surface area contributed by atoms with E-state index < -0.39 is 96.1 Å². The number of amides is 3. The van der Waals surface area contributed by atoms with Gasteiger partial charge in [0, 0.05) is 25.4 Å². The van der Waals surface area contributed by atoms with Gasteiger partial charge in [-0.3, -0.25) is 28.7 Å². The SMILES string of the molecule is CCCCCCOC(=O)O[C@@H]1[C@H](OC)[C@@H]([C@@H](O[C@H]2OC(C(=O)N[C@H]3CCC[C@@H](C)NC3=O)=C[C@H](O)[C@@H]2O)C(N)=O)O[C@H]1n1ccc(=O)[nH]c1=O. The molecule has 2 fully saturated rings. The van der Waals surface area contributed by atoms with E-state index in [1.54, 1.807) is 0 Å². The Bertz CT molecular complexity index is 1510. The van der Waals surface area contributed by atoms with Crippen LogP contribution in [0.2, 0.25) is 0 Å². The summed E-state index contributed by atoms with van der Waals surface area (Å²) in [5.74, 6) is -3.02. The number of primary amides is 1. The quantitative estimate of drug-likeness (QED) is 0.0953. The fourth-order valence-electron chi connectivity index (χ4n) is 5.86. The van der Waals surface area contributed by atoms with Crippen molar-refractivity contribution in [2.75, 3.05) is 13.7 Å². The number of unbranched alkanes of at least 4 members (excludes halogenated alkanes) is 3. The molecule has 1 aromatic heterocycles. The molecule has 19 heteroatoms. The third-order valence-corrected chi connectivity index (χ3v) is 8.49.